The highest BCUT2D eigenvalue weighted by Gasteiger charge is 2.39. The van der Waals surface area contributed by atoms with Gasteiger partial charge in [0.1, 0.15) is 84.6 Å². The Labute approximate surface area is 723 Å². The monoisotopic (exact) mass is 1790 g/mol. The predicted octanol–water partition coefficient (Wildman–Crippen LogP) is -8.85. The van der Waals surface area contributed by atoms with Crippen molar-refractivity contribution >= 4 is 174 Å². The summed E-state index contributed by atoms with van der Waals surface area (Å²) in [4.78, 5) is 260. The molecule has 1 heterocycles. The number of carboxylic acid groups (broad SMARTS) is 2. The van der Waals surface area contributed by atoms with Crippen molar-refractivity contribution < 1.29 is 106 Å². The summed E-state index contributed by atoms with van der Waals surface area (Å²) in [6.45, 7) is 0.210. The number of fused-ring (bicyclic) bond motifs is 1. The molecule has 15 atom stereocenters. The second-order valence-corrected chi connectivity index (χ2v) is 29.7. The number of hydrogen-bond donors (Lipinski definition) is 29. The molecule has 0 aliphatic heterocycles. The highest BCUT2D eigenvalue weighted by atomic mass is 32.1. The average Bonchev–Trinajstić information content (AvgIpc) is 1.65. The van der Waals surface area contributed by atoms with E-state index in [0.29, 0.717) is 22.0 Å². The fourth-order valence-corrected chi connectivity index (χ4v) is 12.7. The van der Waals surface area contributed by atoms with Crippen molar-refractivity contribution in [2.45, 2.75) is 207 Å². The molecule has 3 aromatic rings. The summed E-state index contributed by atoms with van der Waals surface area (Å²) in [5.74, 6) is -22.6. The third kappa shape index (κ3) is 37.6. The summed E-state index contributed by atoms with van der Waals surface area (Å²) in [5, 5.41) is 64.2. The highest BCUT2D eigenvalue weighted by Crippen LogP contribution is 2.21. The Balaban J connectivity index is 1.94. The van der Waals surface area contributed by atoms with E-state index >= 15 is 0 Å². The first-order valence-corrected chi connectivity index (χ1v) is 41.5. The Hall–Kier alpha value is -10.9. The fraction of sp³-hybridized carbons (Fsp3) is 0.554. The topological polar surface area (TPSA) is 751 Å². The van der Waals surface area contributed by atoms with E-state index in [2.05, 4.69) is 130 Å². The highest BCUT2D eigenvalue weighted by molar-refractivity contribution is 7.80. The SMILES string of the molecule is C[C@H](NC(=O)[C@H](CS)NC(=O)[C@H](CCC(N)=O)NC(=O)[C@@H](N)CS)C(=O)N[C@@H](CO)C(=O)N[C@@H](CCC(N)=O)C(=O)N[C@@H](CCCCN)C(=O)N[C@@H](CC(=O)O)C(=O)N[C@@H](CCCCN)C(=O)N[C@@H](CCCCN)C(=O)N[C@@H](CS)C(=O)N[C@@H](Cc1c[nH]c2ccccc12)C(=O)N[C@@H](CC(N)=O)C(=O)N[C@@H](Cc1ccccc1)C(=O)N[C@@H](CS)C(=O)O. The van der Waals surface area contributed by atoms with E-state index in [1.54, 1.807) is 60.8 Å². The number of aliphatic carboxylic acids is 2. The summed E-state index contributed by atoms with van der Waals surface area (Å²) in [5.41, 5.74) is 40.9. The quantitative estimate of drug-likeness (QED) is 0.0184. The number of aliphatic hydroxyl groups excluding tert-OH is 1. The van der Waals surface area contributed by atoms with Crippen LogP contribution in [0.4, 0.5) is 0 Å². The minimum atomic E-state index is -2.05. The van der Waals surface area contributed by atoms with Gasteiger partial charge in [-0.2, -0.15) is 50.5 Å². The van der Waals surface area contributed by atoms with Crippen molar-refractivity contribution in [2.24, 2.45) is 40.1 Å². The van der Waals surface area contributed by atoms with E-state index in [1.165, 1.54) is 0 Å². The fourth-order valence-electron chi connectivity index (χ4n) is 11.8. The van der Waals surface area contributed by atoms with Crippen molar-refractivity contribution in [2.75, 3.05) is 49.3 Å². The minimum Gasteiger partial charge on any atom is -0.481 e. The molecule has 32 N–H and O–H groups in total. The lowest BCUT2D eigenvalue weighted by atomic mass is 10.0. The summed E-state index contributed by atoms with van der Waals surface area (Å²) >= 11 is 16.4. The van der Waals surface area contributed by atoms with Crippen LogP contribution in [0.15, 0.2) is 60.8 Å². The number of carbonyl (C=O) groups is 19. The standard InChI is InChI=1S/C74H114N22O22S4/c1-37(83-72(115)53(34-120)94-66(109)46(20-22-56(79)98)84-61(104)41(78)33-119)60(103)93-52(32-97)71(114)88-47(21-23-57(80)99)65(108)86-44(18-8-11-25-76)63(106)92-51(30-59(101)102)70(113)87-43(17-7-10-24-75)62(105)85-45(19-9-12-26-77)64(107)95-54(35-121)73(116)90-49(28-39-31-82-42-16-6-5-15-40(39)42)68(111)91-50(29-58(81)100)69(112)89-48(27-38-13-3-2-4-14-38)67(110)96-55(36-122)74(117)118/h2-6,13-16,31,37,41,43-55,82,97,119-122H,7-12,17-30,32-36,75-78H2,1H3,(H2,79,98)(H2,80,99)(H2,81,100)(H,83,115)(H,84,104)(H,85,105)(H,86,108)(H,87,113)(H,88,114)(H,89,112)(H,90,116)(H,91,111)(H,92,106)(H,93,103)(H,94,109)(H,95,107)(H,96,110)(H,101,102)(H,117,118)/t37-,41-,43-,44-,45-,46-,47-,48-,49-,50-,51-,52-,53-,54-,55-/m0/s1. The third-order valence-electron chi connectivity index (χ3n) is 18.6. The van der Waals surface area contributed by atoms with E-state index in [0.717, 1.165) is 6.92 Å². The molecular weight excluding hydrogens is 1680 g/mol. The number of benzene rings is 2. The lowest BCUT2D eigenvalue weighted by molar-refractivity contribution is -0.142. The molecule has 0 aliphatic carbocycles. The van der Waals surface area contributed by atoms with Gasteiger partial charge in [-0.15, -0.1) is 0 Å². The van der Waals surface area contributed by atoms with E-state index in [4.69, 9.17) is 40.1 Å². The summed E-state index contributed by atoms with van der Waals surface area (Å²) in [7, 11) is 0. The summed E-state index contributed by atoms with van der Waals surface area (Å²) in [6, 6.07) is -9.44. The van der Waals surface area contributed by atoms with Gasteiger partial charge in [0, 0.05) is 65.8 Å². The zero-order valence-corrected chi connectivity index (χ0v) is 70.6. The van der Waals surface area contributed by atoms with Crippen molar-refractivity contribution in [1.82, 2.24) is 79.4 Å². The van der Waals surface area contributed by atoms with Crippen LogP contribution in [0.2, 0.25) is 0 Å². The molecule has 44 nitrogen and oxygen atoms in total. The number of para-hydroxylation sites is 1. The number of carbonyl (C=O) groups excluding carboxylic acids is 17. The average molecular weight is 1790 g/mol. The van der Waals surface area contributed by atoms with Gasteiger partial charge >= 0.3 is 11.9 Å². The van der Waals surface area contributed by atoms with Crippen LogP contribution < -0.4 is 115 Å². The van der Waals surface area contributed by atoms with Crippen molar-refractivity contribution in [3.8, 4) is 0 Å². The van der Waals surface area contributed by atoms with E-state index in [-0.39, 0.29) is 115 Å². The molecule has 0 unspecified atom stereocenters. The van der Waals surface area contributed by atoms with Gasteiger partial charge in [-0.3, -0.25) is 86.3 Å². The van der Waals surface area contributed by atoms with Crippen molar-refractivity contribution in [3.05, 3.63) is 71.9 Å². The van der Waals surface area contributed by atoms with Crippen LogP contribution in [-0.4, -0.2) is 273 Å². The van der Waals surface area contributed by atoms with Crippen LogP contribution in [0.3, 0.4) is 0 Å². The third-order valence-corrected chi connectivity index (χ3v) is 20.1. The number of unbranched alkanes of at least 4 members (excludes halogenated alkanes) is 3. The number of nitrogens with one attached hydrogen (secondary N) is 15. The Kier molecular flexibility index (Phi) is 48.3. The van der Waals surface area contributed by atoms with Gasteiger partial charge in [0.25, 0.3) is 0 Å². The maximum Gasteiger partial charge on any atom is 0.327 e. The number of hydrogen-bond acceptors (Lipinski definition) is 28. The Morgan fingerprint density at radius 2 is 0.697 bits per heavy atom. The van der Waals surface area contributed by atoms with Crippen LogP contribution in [0, 0.1) is 0 Å². The summed E-state index contributed by atoms with van der Waals surface area (Å²) in [6.07, 6.45) is -2.50. The van der Waals surface area contributed by atoms with Gasteiger partial charge in [-0.1, -0.05) is 48.5 Å². The Morgan fingerprint density at radius 3 is 1.10 bits per heavy atom. The molecule has 122 heavy (non-hydrogen) atoms. The number of primary amides is 3. The number of amides is 17. The van der Waals surface area contributed by atoms with Crippen LogP contribution in [0.1, 0.15) is 114 Å². The molecule has 0 fully saturated rings. The van der Waals surface area contributed by atoms with Gasteiger partial charge < -0.3 is 135 Å². The van der Waals surface area contributed by atoms with Gasteiger partial charge in [-0.05, 0) is 114 Å². The molecular formula is C74H114N22O22S4. The minimum absolute atomic E-state index is 0.0538. The van der Waals surface area contributed by atoms with Gasteiger partial charge in [0.2, 0.25) is 100 Å². The molecule has 0 saturated carbocycles. The number of carboxylic acids is 2. The number of aliphatic hydroxyl groups is 1. The molecule has 0 aliphatic rings. The molecule has 0 spiro atoms. The Morgan fingerprint density at radius 1 is 0.361 bits per heavy atom. The maximum absolute atomic E-state index is 14.7. The van der Waals surface area contributed by atoms with E-state index in [1.807, 2.05) is 0 Å². The normalized spacial score (nSPS) is 14.8. The number of thiol groups is 4. The van der Waals surface area contributed by atoms with Gasteiger partial charge in [0.15, 0.2) is 0 Å². The number of aromatic nitrogens is 1. The largest absolute Gasteiger partial charge is 0.481 e. The van der Waals surface area contributed by atoms with Crippen LogP contribution in [-0.2, 0) is 104 Å². The number of H-pyrrole nitrogens is 1. The zero-order chi connectivity index (χ0) is 91.3. The first-order valence-electron chi connectivity index (χ1n) is 38.9. The smallest absolute Gasteiger partial charge is 0.327 e. The summed E-state index contributed by atoms with van der Waals surface area (Å²) < 4.78 is 0. The van der Waals surface area contributed by atoms with Crippen LogP contribution in [0.5, 0.6) is 0 Å². The maximum atomic E-state index is 14.7. The predicted molar refractivity (Wildman–Crippen MR) is 455 cm³/mol. The van der Waals surface area contributed by atoms with Crippen LogP contribution >= 0.6 is 50.5 Å². The number of rotatable bonds is 60. The number of aromatic amines is 1. The second-order valence-electron chi connectivity index (χ2n) is 28.3. The Bertz CT molecular complexity index is 4080. The molecule has 48 heteroatoms. The number of nitrogens with two attached hydrogens (primary N) is 7. The molecule has 676 valence electrons. The van der Waals surface area contributed by atoms with Crippen molar-refractivity contribution in [3.63, 3.8) is 0 Å². The lowest BCUT2D eigenvalue weighted by Crippen LogP contribution is -2.61. The molecule has 0 saturated heterocycles. The lowest BCUT2D eigenvalue weighted by Gasteiger charge is -2.28. The van der Waals surface area contributed by atoms with Gasteiger partial charge in [0.05, 0.1) is 25.5 Å². The molecule has 17 amide bonds. The van der Waals surface area contributed by atoms with Crippen molar-refractivity contribution in [1.29, 1.82) is 0 Å². The first-order chi connectivity index (χ1) is 57.9. The molecule has 1 aromatic heterocycles. The van der Waals surface area contributed by atoms with E-state index in [9.17, 15) is 106 Å². The van der Waals surface area contributed by atoms with E-state index < -0.39 is 247 Å². The molecule has 0 bridgehead atoms. The first kappa shape index (κ1) is 105. The zero-order valence-electron chi connectivity index (χ0n) is 67.0. The molecule has 3 rings (SSSR count). The van der Waals surface area contributed by atoms with Crippen LogP contribution in [0.25, 0.3) is 10.9 Å². The molecule has 0 radical (unpaired) electrons. The molecule has 2 aromatic carbocycles. The second kappa shape index (κ2) is 55.9. The van der Waals surface area contributed by atoms with Gasteiger partial charge in [-0.25, -0.2) is 4.79 Å².